The molecule has 0 bridgehead atoms. The molecule has 0 N–H and O–H groups in total. The molecule has 0 amide bonds. The zero-order valence-corrected chi connectivity index (χ0v) is 14.8. The summed E-state index contributed by atoms with van der Waals surface area (Å²) in [6.07, 6.45) is 4.28. The van der Waals surface area contributed by atoms with E-state index in [4.69, 9.17) is 4.98 Å². The molecule has 1 nitrogen and oxygen atoms in total. The first-order chi connectivity index (χ1) is 12.9. The van der Waals surface area contributed by atoms with Crippen molar-refractivity contribution in [1.29, 1.82) is 0 Å². The van der Waals surface area contributed by atoms with Crippen LogP contribution in [0.3, 0.4) is 0 Å². The number of hydrogen-bond donors (Lipinski definition) is 0. The minimum atomic E-state index is 1.02. The van der Waals surface area contributed by atoms with Gasteiger partial charge in [0, 0.05) is 10.9 Å². The molecule has 0 radical (unpaired) electrons. The fourth-order valence-corrected chi connectivity index (χ4v) is 4.09. The van der Waals surface area contributed by atoms with Gasteiger partial charge < -0.3 is 0 Å². The van der Waals surface area contributed by atoms with Crippen molar-refractivity contribution in [2.24, 2.45) is 0 Å². The SMILES string of the molecule is c1ccc(CCc2cccc3cc4c(nc23)-c2ccccc2CC4)cc1. The van der Waals surface area contributed by atoms with Gasteiger partial charge >= 0.3 is 0 Å². The normalized spacial score (nSPS) is 12.6. The van der Waals surface area contributed by atoms with E-state index in [9.17, 15) is 0 Å². The molecule has 26 heavy (non-hydrogen) atoms. The minimum Gasteiger partial charge on any atom is -0.247 e. The molecule has 1 aromatic heterocycles. The Morgan fingerprint density at radius 3 is 2.42 bits per heavy atom. The van der Waals surface area contributed by atoms with Gasteiger partial charge in [0.15, 0.2) is 0 Å². The van der Waals surface area contributed by atoms with Crippen LogP contribution >= 0.6 is 0 Å². The topological polar surface area (TPSA) is 12.9 Å². The number of pyridine rings is 1. The van der Waals surface area contributed by atoms with E-state index < -0.39 is 0 Å². The van der Waals surface area contributed by atoms with Crippen LogP contribution in [0.5, 0.6) is 0 Å². The van der Waals surface area contributed by atoms with Crippen molar-refractivity contribution in [1.82, 2.24) is 4.98 Å². The van der Waals surface area contributed by atoms with Crippen molar-refractivity contribution in [3.63, 3.8) is 0 Å². The number of rotatable bonds is 3. The molecule has 126 valence electrons. The third-order valence-electron chi connectivity index (χ3n) is 5.47. The molecule has 4 aromatic rings. The summed E-state index contributed by atoms with van der Waals surface area (Å²) in [5, 5.41) is 1.27. The summed E-state index contributed by atoms with van der Waals surface area (Å²) in [6, 6.07) is 28.4. The van der Waals surface area contributed by atoms with Crippen LogP contribution in [0.25, 0.3) is 22.2 Å². The van der Waals surface area contributed by atoms with Crippen LogP contribution in [0.4, 0.5) is 0 Å². The predicted molar refractivity (Wildman–Crippen MR) is 108 cm³/mol. The Hall–Kier alpha value is -2.93. The van der Waals surface area contributed by atoms with E-state index in [1.807, 2.05) is 0 Å². The van der Waals surface area contributed by atoms with Gasteiger partial charge in [-0.15, -0.1) is 0 Å². The molecule has 0 saturated carbocycles. The standard InChI is InChI=1S/C25H21N/c1-2-7-18(8-3-1)13-14-20-10-6-11-21-17-22-16-15-19-9-4-5-12-23(19)25(22)26-24(20)21/h1-12,17H,13-16H2. The summed E-state index contributed by atoms with van der Waals surface area (Å²) in [5.74, 6) is 0. The maximum atomic E-state index is 5.17. The molecule has 0 fully saturated rings. The molecule has 0 spiro atoms. The number of fused-ring (bicyclic) bond motifs is 4. The van der Waals surface area contributed by atoms with Crippen molar-refractivity contribution in [3.8, 4) is 11.3 Å². The van der Waals surface area contributed by atoms with E-state index in [-0.39, 0.29) is 0 Å². The van der Waals surface area contributed by atoms with Crippen LogP contribution in [0.15, 0.2) is 78.9 Å². The highest BCUT2D eigenvalue weighted by atomic mass is 14.7. The van der Waals surface area contributed by atoms with Crippen molar-refractivity contribution < 1.29 is 0 Å². The van der Waals surface area contributed by atoms with Crippen molar-refractivity contribution >= 4 is 10.9 Å². The van der Waals surface area contributed by atoms with Gasteiger partial charge in [-0.05, 0) is 54.0 Å². The second kappa shape index (κ2) is 6.42. The predicted octanol–water partition coefficient (Wildman–Crippen LogP) is 5.79. The van der Waals surface area contributed by atoms with Crippen LogP contribution in [0.1, 0.15) is 22.3 Å². The fraction of sp³-hybridized carbons (Fsp3) is 0.160. The Bertz CT molecular complexity index is 1080. The first kappa shape index (κ1) is 15.3. The number of hydrogen-bond acceptors (Lipinski definition) is 1. The first-order valence-electron chi connectivity index (χ1n) is 9.42. The summed E-state index contributed by atoms with van der Waals surface area (Å²) in [5.41, 5.74) is 9.20. The highest BCUT2D eigenvalue weighted by Gasteiger charge is 2.18. The molecule has 0 aliphatic heterocycles. The number of nitrogens with zero attached hydrogens (tertiary/aromatic N) is 1. The molecule has 1 heterocycles. The lowest BCUT2D eigenvalue weighted by Gasteiger charge is -2.20. The van der Waals surface area contributed by atoms with E-state index >= 15 is 0 Å². The highest BCUT2D eigenvalue weighted by molar-refractivity contribution is 5.87. The summed E-state index contributed by atoms with van der Waals surface area (Å²) in [7, 11) is 0. The Kier molecular flexibility index (Phi) is 3.79. The monoisotopic (exact) mass is 335 g/mol. The van der Waals surface area contributed by atoms with Crippen LogP contribution in [0, 0.1) is 0 Å². The van der Waals surface area contributed by atoms with Gasteiger partial charge in [0.05, 0.1) is 11.2 Å². The van der Waals surface area contributed by atoms with E-state index in [2.05, 4.69) is 78.9 Å². The Balaban J connectivity index is 1.58. The number of para-hydroxylation sites is 1. The lowest BCUT2D eigenvalue weighted by molar-refractivity contribution is 0.929. The molecule has 3 aromatic carbocycles. The van der Waals surface area contributed by atoms with Gasteiger partial charge in [0.25, 0.3) is 0 Å². The molecule has 1 heteroatoms. The van der Waals surface area contributed by atoms with E-state index in [0.29, 0.717) is 0 Å². The van der Waals surface area contributed by atoms with E-state index in [0.717, 1.165) is 25.7 Å². The van der Waals surface area contributed by atoms with Gasteiger partial charge in [-0.1, -0.05) is 72.8 Å². The molecule has 5 rings (SSSR count). The molecule has 0 unspecified atom stereocenters. The number of aromatic nitrogens is 1. The molecular weight excluding hydrogens is 314 g/mol. The van der Waals surface area contributed by atoms with Gasteiger partial charge in [-0.3, -0.25) is 0 Å². The molecule has 0 saturated heterocycles. The van der Waals surface area contributed by atoms with Gasteiger partial charge in [0.2, 0.25) is 0 Å². The second-order valence-electron chi connectivity index (χ2n) is 7.13. The van der Waals surface area contributed by atoms with Gasteiger partial charge in [-0.2, -0.15) is 0 Å². The third-order valence-corrected chi connectivity index (χ3v) is 5.47. The van der Waals surface area contributed by atoms with Crippen molar-refractivity contribution in [2.75, 3.05) is 0 Å². The number of aryl methyl sites for hydroxylation is 4. The van der Waals surface area contributed by atoms with Gasteiger partial charge in [0.1, 0.15) is 0 Å². The van der Waals surface area contributed by atoms with Crippen molar-refractivity contribution in [3.05, 3.63) is 101 Å². The average Bonchev–Trinajstić information content (AvgIpc) is 2.71. The molecule has 1 aliphatic rings. The lowest BCUT2D eigenvalue weighted by atomic mass is 9.88. The minimum absolute atomic E-state index is 1.02. The lowest BCUT2D eigenvalue weighted by Crippen LogP contribution is -2.06. The summed E-state index contributed by atoms with van der Waals surface area (Å²) >= 11 is 0. The van der Waals surface area contributed by atoms with Crippen LogP contribution in [0.2, 0.25) is 0 Å². The average molecular weight is 335 g/mol. The maximum Gasteiger partial charge on any atom is 0.0744 e. The Morgan fingerprint density at radius 1 is 0.692 bits per heavy atom. The molecule has 1 aliphatic carbocycles. The smallest absolute Gasteiger partial charge is 0.0744 e. The van der Waals surface area contributed by atoms with Crippen LogP contribution in [-0.4, -0.2) is 4.98 Å². The summed E-state index contributed by atoms with van der Waals surface area (Å²) in [6.45, 7) is 0. The van der Waals surface area contributed by atoms with Crippen LogP contribution < -0.4 is 0 Å². The fourth-order valence-electron chi connectivity index (χ4n) is 4.09. The van der Waals surface area contributed by atoms with Crippen molar-refractivity contribution in [2.45, 2.75) is 25.7 Å². The number of benzene rings is 3. The molecular formula is C25H21N. The maximum absolute atomic E-state index is 5.17. The summed E-state index contributed by atoms with van der Waals surface area (Å²) < 4.78 is 0. The Morgan fingerprint density at radius 2 is 1.50 bits per heavy atom. The quantitative estimate of drug-likeness (QED) is 0.462. The van der Waals surface area contributed by atoms with Crippen LogP contribution in [-0.2, 0) is 25.7 Å². The summed E-state index contributed by atoms with van der Waals surface area (Å²) in [4.78, 5) is 5.17. The zero-order valence-electron chi connectivity index (χ0n) is 14.8. The first-order valence-corrected chi connectivity index (χ1v) is 9.42. The third kappa shape index (κ3) is 2.70. The van der Waals surface area contributed by atoms with E-state index in [1.165, 1.54) is 44.4 Å². The highest BCUT2D eigenvalue weighted by Crippen LogP contribution is 2.34. The van der Waals surface area contributed by atoms with Gasteiger partial charge in [-0.25, -0.2) is 4.98 Å². The van der Waals surface area contributed by atoms with E-state index in [1.54, 1.807) is 0 Å². The molecule has 0 atom stereocenters. The Labute approximate surface area is 154 Å². The largest absolute Gasteiger partial charge is 0.247 e. The zero-order chi connectivity index (χ0) is 17.3. The second-order valence-corrected chi connectivity index (χ2v) is 7.13.